The van der Waals surface area contributed by atoms with Gasteiger partial charge in [0.05, 0.1) is 23.9 Å². The van der Waals surface area contributed by atoms with Crippen LogP contribution in [-0.4, -0.2) is 34.0 Å². The van der Waals surface area contributed by atoms with Crippen LogP contribution in [0.4, 0.5) is 0 Å². The summed E-state index contributed by atoms with van der Waals surface area (Å²) in [5.41, 5.74) is 0.317. The summed E-state index contributed by atoms with van der Waals surface area (Å²) in [6, 6.07) is 0. The maximum atomic E-state index is 12.5. The lowest BCUT2D eigenvalue weighted by Crippen LogP contribution is -2.50. The van der Waals surface area contributed by atoms with E-state index in [-0.39, 0.29) is 17.4 Å². The van der Waals surface area contributed by atoms with E-state index in [1.54, 1.807) is 6.20 Å². The van der Waals surface area contributed by atoms with Gasteiger partial charge in [-0.3, -0.25) is 14.6 Å². The molecule has 2 saturated carbocycles. The molecule has 1 heterocycles. The smallest absolute Gasteiger partial charge is 0.312 e. The molecule has 23 heavy (non-hydrogen) atoms. The number of esters is 1. The number of nitrogens with one attached hydrogen (secondary N) is 1. The topological polar surface area (TPSA) is 81.2 Å². The van der Waals surface area contributed by atoms with Gasteiger partial charge in [0.2, 0.25) is 0 Å². The fourth-order valence-electron chi connectivity index (χ4n) is 4.10. The molecule has 6 heteroatoms. The van der Waals surface area contributed by atoms with Crippen LogP contribution in [0.3, 0.4) is 0 Å². The summed E-state index contributed by atoms with van der Waals surface area (Å²) in [6.45, 7) is 4.04. The molecule has 6 nitrogen and oxygen atoms in total. The van der Waals surface area contributed by atoms with Crippen LogP contribution < -0.4 is 5.32 Å². The van der Waals surface area contributed by atoms with E-state index in [2.05, 4.69) is 15.3 Å². The number of carbonyl (C=O) groups excluding carboxylic acids is 2. The Hall–Kier alpha value is -1.98. The van der Waals surface area contributed by atoms with Crippen molar-refractivity contribution in [2.45, 2.75) is 57.9 Å². The molecule has 0 unspecified atom stereocenters. The monoisotopic (exact) mass is 317 g/mol. The fraction of sp³-hybridized carbons (Fsp3) is 0.647. The Kier molecular flexibility index (Phi) is 4.08. The Morgan fingerprint density at radius 2 is 2.09 bits per heavy atom. The summed E-state index contributed by atoms with van der Waals surface area (Å²) in [5, 5.41) is 3.14. The molecule has 0 spiro atoms. The molecule has 0 aromatic carbocycles. The molecule has 124 valence electrons. The Labute approximate surface area is 136 Å². The number of amides is 1. The van der Waals surface area contributed by atoms with Gasteiger partial charge in [-0.05, 0) is 52.4 Å². The van der Waals surface area contributed by atoms with Gasteiger partial charge < -0.3 is 10.1 Å². The SMILES string of the molecule is CCOC(=O)[C@@]12CCC[C@@](NC(=O)c3cncc(C)n3)(CC1)C2. The number of aryl methyl sites for hydroxylation is 1. The zero-order valence-corrected chi connectivity index (χ0v) is 13.7. The van der Waals surface area contributed by atoms with Gasteiger partial charge in [0.15, 0.2) is 0 Å². The third-order valence-corrected chi connectivity index (χ3v) is 5.14. The molecular weight excluding hydrogens is 294 g/mol. The highest BCUT2D eigenvalue weighted by molar-refractivity contribution is 5.92. The molecular formula is C17H23N3O3. The number of ether oxygens (including phenoxy) is 1. The lowest BCUT2D eigenvalue weighted by molar-refractivity contribution is -0.156. The summed E-state index contributed by atoms with van der Waals surface area (Å²) in [7, 11) is 0. The molecule has 1 amide bonds. The molecule has 2 fully saturated rings. The van der Waals surface area contributed by atoms with Crippen LogP contribution in [0.5, 0.6) is 0 Å². The van der Waals surface area contributed by atoms with Crippen molar-refractivity contribution in [1.29, 1.82) is 0 Å². The number of carbonyl (C=O) groups is 2. The Balaban J connectivity index is 1.76. The van der Waals surface area contributed by atoms with E-state index < -0.39 is 5.41 Å². The highest BCUT2D eigenvalue weighted by Crippen LogP contribution is 2.54. The predicted octanol–water partition coefficient (Wildman–Crippen LogP) is 2.17. The quantitative estimate of drug-likeness (QED) is 0.861. The van der Waals surface area contributed by atoms with Gasteiger partial charge in [0.1, 0.15) is 5.69 Å². The minimum atomic E-state index is -0.417. The van der Waals surface area contributed by atoms with Gasteiger partial charge >= 0.3 is 5.97 Å². The lowest BCUT2D eigenvalue weighted by atomic mass is 9.73. The fourth-order valence-corrected chi connectivity index (χ4v) is 4.10. The first-order valence-corrected chi connectivity index (χ1v) is 8.27. The van der Waals surface area contributed by atoms with Crippen molar-refractivity contribution in [3.05, 3.63) is 23.8 Å². The van der Waals surface area contributed by atoms with Crippen LogP contribution in [0.15, 0.2) is 12.4 Å². The van der Waals surface area contributed by atoms with Crippen molar-refractivity contribution >= 4 is 11.9 Å². The second-order valence-corrected chi connectivity index (χ2v) is 6.81. The van der Waals surface area contributed by atoms with Crippen molar-refractivity contribution < 1.29 is 14.3 Å². The van der Waals surface area contributed by atoms with E-state index in [0.717, 1.165) is 32.1 Å². The van der Waals surface area contributed by atoms with Crippen molar-refractivity contribution in [2.24, 2.45) is 5.41 Å². The first-order valence-electron chi connectivity index (χ1n) is 8.27. The number of nitrogens with zero attached hydrogens (tertiary/aromatic N) is 2. The molecule has 0 radical (unpaired) electrons. The summed E-state index contributed by atoms with van der Waals surface area (Å²) >= 11 is 0. The van der Waals surface area contributed by atoms with Crippen LogP contribution in [0.25, 0.3) is 0 Å². The maximum absolute atomic E-state index is 12.5. The Morgan fingerprint density at radius 1 is 1.26 bits per heavy atom. The van der Waals surface area contributed by atoms with E-state index in [0.29, 0.717) is 24.4 Å². The van der Waals surface area contributed by atoms with Crippen LogP contribution in [0, 0.1) is 12.3 Å². The molecule has 1 aromatic rings. The highest BCUT2D eigenvalue weighted by Gasteiger charge is 2.56. The molecule has 2 aliphatic carbocycles. The molecule has 2 aliphatic rings. The van der Waals surface area contributed by atoms with Crippen molar-refractivity contribution in [3.8, 4) is 0 Å². The van der Waals surface area contributed by atoms with Crippen molar-refractivity contribution in [3.63, 3.8) is 0 Å². The minimum Gasteiger partial charge on any atom is -0.466 e. The molecule has 3 rings (SSSR count). The third-order valence-electron chi connectivity index (χ3n) is 5.14. The third kappa shape index (κ3) is 2.94. The number of hydrogen-bond acceptors (Lipinski definition) is 5. The molecule has 0 saturated heterocycles. The van der Waals surface area contributed by atoms with Gasteiger partial charge in [-0.1, -0.05) is 0 Å². The standard InChI is InChI=1S/C17H23N3O3/c1-3-23-15(22)16-5-4-6-17(11-16,8-7-16)20-14(21)13-10-18-9-12(2)19-13/h9-10H,3-8,11H2,1-2H3,(H,20,21)/t16-,17+/m0/s1. The number of aromatic nitrogens is 2. The number of rotatable bonds is 4. The van der Waals surface area contributed by atoms with E-state index >= 15 is 0 Å². The van der Waals surface area contributed by atoms with Crippen LogP contribution in [-0.2, 0) is 9.53 Å². The average molecular weight is 317 g/mol. The maximum Gasteiger partial charge on any atom is 0.312 e. The molecule has 2 atom stereocenters. The largest absolute Gasteiger partial charge is 0.466 e. The number of fused-ring (bicyclic) bond motifs is 2. The van der Waals surface area contributed by atoms with Crippen LogP contribution in [0.2, 0.25) is 0 Å². The van der Waals surface area contributed by atoms with E-state index in [4.69, 9.17) is 4.74 Å². The highest BCUT2D eigenvalue weighted by atomic mass is 16.5. The zero-order valence-electron chi connectivity index (χ0n) is 13.7. The molecule has 1 aromatic heterocycles. The summed E-state index contributed by atoms with van der Waals surface area (Å²) in [4.78, 5) is 33.1. The van der Waals surface area contributed by atoms with Gasteiger partial charge in [0.25, 0.3) is 5.91 Å². The predicted molar refractivity (Wildman–Crippen MR) is 83.7 cm³/mol. The molecule has 1 N–H and O–H groups in total. The number of hydrogen-bond donors (Lipinski definition) is 1. The lowest BCUT2D eigenvalue weighted by Gasteiger charge is -2.38. The van der Waals surface area contributed by atoms with Crippen LogP contribution in [0.1, 0.15) is 61.6 Å². The normalized spacial score (nSPS) is 29.1. The first-order chi connectivity index (χ1) is 11.0. The second kappa shape index (κ2) is 5.91. The van der Waals surface area contributed by atoms with Crippen molar-refractivity contribution in [2.75, 3.05) is 6.61 Å². The van der Waals surface area contributed by atoms with E-state index in [1.165, 1.54) is 6.20 Å². The molecule has 0 aliphatic heterocycles. The molecule has 2 bridgehead atoms. The minimum absolute atomic E-state index is 0.105. The van der Waals surface area contributed by atoms with Gasteiger partial charge in [0, 0.05) is 11.7 Å². The summed E-state index contributed by atoms with van der Waals surface area (Å²) in [6.07, 6.45) is 8.06. The second-order valence-electron chi connectivity index (χ2n) is 6.81. The van der Waals surface area contributed by atoms with E-state index in [1.807, 2.05) is 13.8 Å². The Morgan fingerprint density at radius 3 is 2.83 bits per heavy atom. The van der Waals surface area contributed by atoms with E-state index in [9.17, 15) is 9.59 Å². The zero-order chi connectivity index (χ0) is 16.5. The van der Waals surface area contributed by atoms with Gasteiger partial charge in [-0.15, -0.1) is 0 Å². The Bertz CT molecular complexity index is 633. The average Bonchev–Trinajstić information content (AvgIpc) is 2.79. The van der Waals surface area contributed by atoms with Gasteiger partial charge in [-0.25, -0.2) is 4.98 Å². The summed E-state index contributed by atoms with van der Waals surface area (Å²) < 4.78 is 5.28. The van der Waals surface area contributed by atoms with Crippen LogP contribution >= 0.6 is 0 Å². The first kappa shape index (κ1) is 15.9. The summed E-state index contributed by atoms with van der Waals surface area (Å²) in [5.74, 6) is -0.311. The van der Waals surface area contributed by atoms with Crippen molar-refractivity contribution in [1.82, 2.24) is 15.3 Å². The van der Waals surface area contributed by atoms with Gasteiger partial charge in [-0.2, -0.15) is 0 Å².